The zero-order valence-corrected chi connectivity index (χ0v) is 15.3. The minimum Gasteiger partial charge on any atom is -0.354 e. The zero-order chi connectivity index (χ0) is 16.9. The summed E-state index contributed by atoms with van der Waals surface area (Å²) in [5.41, 5.74) is 0.760. The highest BCUT2D eigenvalue weighted by Gasteiger charge is 2.37. The second-order valence-electron chi connectivity index (χ2n) is 6.70. The van der Waals surface area contributed by atoms with Gasteiger partial charge in [0, 0.05) is 29.2 Å². The highest BCUT2D eigenvalue weighted by atomic mass is 79.9. The lowest BCUT2D eigenvalue weighted by molar-refractivity contribution is -0.123. The molecule has 1 heterocycles. The second kappa shape index (κ2) is 8.12. The molecule has 24 heavy (non-hydrogen) atoms. The molecular formula is C18H24BrN3O2. The van der Waals surface area contributed by atoms with Gasteiger partial charge in [0.05, 0.1) is 6.04 Å². The van der Waals surface area contributed by atoms with Crippen molar-refractivity contribution in [3.63, 3.8) is 0 Å². The Hall–Kier alpha value is -1.40. The van der Waals surface area contributed by atoms with Crippen molar-refractivity contribution < 1.29 is 9.59 Å². The van der Waals surface area contributed by atoms with Crippen LogP contribution in [0.25, 0.3) is 0 Å². The monoisotopic (exact) mass is 393 g/mol. The molecule has 2 fully saturated rings. The third-order valence-corrected chi connectivity index (χ3v) is 5.49. The summed E-state index contributed by atoms with van der Waals surface area (Å²) >= 11 is 3.36. The van der Waals surface area contributed by atoms with E-state index in [2.05, 4.69) is 31.9 Å². The van der Waals surface area contributed by atoms with Gasteiger partial charge in [0.15, 0.2) is 0 Å². The van der Waals surface area contributed by atoms with Crippen LogP contribution in [0.15, 0.2) is 28.7 Å². The average Bonchev–Trinajstić information content (AvgIpc) is 3.01. The summed E-state index contributed by atoms with van der Waals surface area (Å²) in [4.78, 5) is 24.2. The Morgan fingerprint density at radius 1 is 1.17 bits per heavy atom. The van der Waals surface area contributed by atoms with E-state index < -0.39 is 0 Å². The van der Waals surface area contributed by atoms with Crippen LogP contribution in [0.4, 0.5) is 5.69 Å². The Morgan fingerprint density at radius 3 is 2.67 bits per heavy atom. The number of nitrogens with one attached hydrogen (secondary N) is 3. The van der Waals surface area contributed by atoms with E-state index in [1.807, 2.05) is 24.3 Å². The van der Waals surface area contributed by atoms with Crippen LogP contribution in [0, 0.1) is 5.92 Å². The van der Waals surface area contributed by atoms with E-state index in [0.717, 1.165) is 16.6 Å². The Morgan fingerprint density at radius 2 is 1.92 bits per heavy atom. The molecule has 1 saturated heterocycles. The molecule has 6 heteroatoms. The van der Waals surface area contributed by atoms with Crippen molar-refractivity contribution in [2.45, 2.75) is 50.6 Å². The van der Waals surface area contributed by atoms with Gasteiger partial charge in [-0.15, -0.1) is 0 Å². The molecule has 1 aromatic rings. The average molecular weight is 394 g/mol. The molecule has 2 amide bonds. The van der Waals surface area contributed by atoms with Gasteiger partial charge in [0.25, 0.3) is 0 Å². The van der Waals surface area contributed by atoms with Crippen molar-refractivity contribution in [2.75, 3.05) is 11.9 Å². The maximum absolute atomic E-state index is 12.3. The van der Waals surface area contributed by atoms with Gasteiger partial charge in [0.1, 0.15) is 0 Å². The lowest BCUT2D eigenvalue weighted by atomic mass is 9.85. The van der Waals surface area contributed by atoms with E-state index in [4.69, 9.17) is 0 Å². The summed E-state index contributed by atoms with van der Waals surface area (Å²) in [5.74, 6) is 0.585. The molecular weight excluding hydrogens is 370 g/mol. The fourth-order valence-corrected chi connectivity index (χ4v) is 3.96. The molecule has 0 spiro atoms. The molecule has 3 unspecified atom stereocenters. The molecule has 3 rings (SSSR count). The number of anilines is 1. The molecule has 1 aliphatic heterocycles. The standard InChI is InChI=1S/C18H24BrN3O2/c19-13-5-7-14(8-6-13)21-17(23)9-10-20-18(24)16-11-12-3-1-2-4-15(12)22-16/h5-8,12,15-16,22H,1-4,9-11H2,(H,20,24)(H,21,23). The van der Waals surface area contributed by atoms with E-state index in [-0.39, 0.29) is 24.3 Å². The number of amides is 2. The molecule has 2 aliphatic rings. The summed E-state index contributed by atoms with van der Waals surface area (Å²) in [5, 5.41) is 9.18. The van der Waals surface area contributed by atoms with Gasteiger partial charge in [-0.1, -0.05) is 28.8 Å². The summed E-state index contributed by atoms with van der Waals surface area (Å²) in [6, 6.07) is 7.85. The van der Waals surface area contributed by atoms with Crippen molar-refractivity contribution in [3.05, 3.63) is 28.7 Å². The number of fused-ring (bicyclic) bond motifs is 1. The van der Waals surface area contributed by atoms with Crippen molar-refractivity contribution in [1.82, 2.24) is 10.6 Å². The Kier molecular flexibility index (Phi) is 5.89. The highest BCUT2D eigenvalue weighted by molar-refractivity contribution is 9.10. The fraction of sp³-hybridized carbons (Fsp3) is 0.556. The summed E-state index contributed by atoms with van der Waals surface area (Å²) in [6.45, 7) is 0.370. The number of hydrogen-bond acceptors (Lipinski definition) is 3. The summed E-state index contributed by atoms with van der Waals surface area (Å²) in [7, 11) is 0. The van der Waals surface area contributed by atoms with E-state index >= 15 is 0 Å². The van der Waals surface area contributed by atoms with Gasteiger partial charge in [0.2, 0.25) is 11.8 Å². The van der Waals surface area contributed by atoms with Crippen LogP contribution in [-0.2, 0) is 9.59 Å². The molecule has 1 aliphatic carbocycles. The number of rotatable bonds is 5. The van der Waals surface area contributed by atoms with Gasteiger partial charge < -0.3 is 16.0 Å². The second-order valence-corrected chi connectivity index (χ2v) is 7.62. The predicted octanol–water partition coefficient (Wildman–Crippen LogP) is 2.81. The normalized spacial score (nSPS) is 25.8. The van der Waals surface area contributed by atoms with Gasteiger partial charge in [-0.2, -0.15) is 0 Å². The molecule has 0 bridgehead atoms. The van der Waals surface area contributed by atoms with Crippen LogP contribution in [-0.4, -0.2) is 30.4 Å². The van der Waals surface area contributed by atoms with Crippen molar-refractivity contribution in [3.8, 4) is 0 Å². The minimum absolute atomic E-state index is 0.0286. The van der Waals surface area contributed by atoms with Crippen LogP contribution in [0.1, 0.15) is 38.5 Å². The first-order valence-corrected chi connectivity index (χ1v) is 9.50. The Labute approximate surface area is 151 Å². The van der Waals surface area contributed by atoms with Gasteiger partial charge in [-0.25, -0.2) is 0 Å². The summed E-state index contributed by atoms with van der Waals surface area (Å²) in [6.07, 6.45) is 6.18. The van der Waals surface area contributed by atoms with E-state index in [9.17, 15) is 9.59 Å². The minimum atomic E-state index is -0.0920. The van der Waals surface area contributed by atoms with Gasteiger partial charge >= 0.3 is 0 Å². The van der Waals surface area contributed by atoms with Crippen LogP contribution >= 0.6 is 15.9 Å². The van der Waals surface area contributed by atoms with Crippen molar-refractivity contribution in [1.29, 1.82) is 0 Å². The van der Waals surface area contributed by atoms with Crippen molar-refractivity contribution >= 4 is 33.4 Å². The Balaban J connectivity index is 1.37. The molecule has 0 aromatic heterocycles. The number of carbonyl (C=O) groups is 2. The molecule has 0 radical (unpaired) electrons. The third kappa shape index (κ3) is 4.57. The van der Waals surface area contributed by atoms with E-state index in [0.29, 0.717) is 18.5 Å². The molecule has 130 valence electrons. The maximum Gasteiger partial charge on any atom is 0.237 e. The van der Waals surface area contributed by atoms with Crippen molar-refractivity contribution in [2.24, 2.45) is 5.92 Å². The lowest BCUT2D eigenvalue weighted by Crippen LogP contribution is -2.43. The topological polar surface area (TPSA) is 70.2 Å². The van der Waals surface area contributed by atoms with Crippen LogP contribution in [0.3, 0.4) is 0 Å². The molecule has 3 N–H and O–H groups in total. The van der Waals surface area contributed by atoms with Crippen LogP contribution < -0.4 is 16.0 Å². The van der Waals surface area contributed by atoms with Crippen LogP contribution in [0.5, 0.6) is 0 Å². The molecule has 3 atom stereocenters. The zero-order valence-electron chi connectivity index (χ0n) is 13.7. The Bertz CT molecular complexity index is 576. The predicted molar refractivity (Wildman–Crippen MR) is 97.7 cm³/mol. The number of benzene rings is 1. The number of halogens is 1. The first kappa shape index (κ1) is 17.4. The first-order valence-electron chi connectivity index (χ1n) is 8.71. The smallest absolute Gasteiger partial charge is 0.237 e. The SMILES string of the molecule is O=C(CCNC(=O)C1CC2CCCCC2N1)Nc1ccc(Br)cc1. The first-order chi connectivity index (χ1) is 11.6. The number of carbonyl (C=O) groups excluding carboxylic acids is 2. The highest BCUT2D eigenvalue weighted by Crippen LogP contribution is 2.33. The quantitative estimate of drug-likeness (QED) is 0.720. The molecule has 1 aromatic carbocycles. The molecule has 5 nitrogen and oxygen atoms in total. The molecule has 1 saturated carbocycles. The summed E-state index contributed by atoms with van der Waals surface area (Å²) < 4.78 is 0.970. The van der Waals surface area contributed by atoms with Gasteiger partial charge in [-0.3, -0.25) is 9.59 Å². The van der Waals surface area contributed by atoms with E-state index in [1.165, 1.54) is 25.7 Å². The van der Waals surface area contributed by atoms with E-state index in [1.54, 1.807) is 0 Å². The lowest BCUT2D eigenvalue weighted by Gasteiger charge is -2.24. The van der Waals surface area contributed by atoms with Crippen LogP contribution in [0.2, 0.25) is 0 Å². The fourth-order valence-electron chi connectivity index (χ4n) is 3.70. The number of hydrogen-bond donors (Lipinski definition) is 3. The maximum atomic E-state index is 12.3. The van der Waals surface area contributed by atoms with Gasteiger partial charge in [-0.05, 0) is 49.4 Å². The third-order valence-electron chi connectivity index (χ3n) is 4.96. The largest absolute Gasteiger partial charge is 0.354 e.